The van der Waals surface area contributed by atoms with Gasteiger partial charge in [0.1, 0.15) is 4.60 Å². The molecule has 1 aromatic rings. The molecule has 0 aliphatic rings. The van der Waals surface area contributed by atoms with Crippen LogP contribution in [0.5, 0.6) is 0 Å². The third kappa shape index (κ3) is 2.30. The zero-order valence-corrected chi connectivity index (χ0v) is 9.42. The Labute approximate surface area is 85.4 Å². The molecule has 72 valence electrons. The molecule has 4 nitrogen and oxygen atoms in total. The van der Waals surface area contributed by atoms with Gasteiger partial charge in [-0.3, -0.25) is 9.89 Å². The molecule has 0 aliphatic heterocycles. The summed E-state index contributed by atoms with van der Waals surface area (Å²) in [6.45, 7) is 3.92. The van der Waals surface area contributed by atoms with Gasteiger partial charge in [0.2, 0.25) is 0 Å². The van der Waals surface area contributed by atoms with Gasteiger partial charge < -0.3 is 4.90 Å². The van der Waals surface area contributed by atoms with Crippen LogP contribution in [0.2, 0.25) is 0 Å². The first-order valence-electron chi connectivity index (χ1n) is 4.00. The van der Waals surface area contributed by atoms with Gasteiger partial charge in [0.15, 0.2) is 5.69 Å². The van der Waals surface area contributed by atoms with E-state index in [1.54, 1.807) is 18.0 Å². The van der Waals surface area contributed by atoms with Gasteiger partial charge in [-0.15, -0.1) is 0 Å². The first-order valence-corrected chi connectivity index (χ1v) is 4.79. The Morgan fingerprint density at radius 2 is 2.31 bits per heavy atom. The highest BCUT2D eigenvalue weighted by Gasteiger charge is 2.16. The lowest BCUT2D eigenvalue weighted by Crippen LogP contribution is -2.33. The highest BCUT2D eigenvalue weighted by Crippen LogP contribution is 2.09. The molecular formula is C8H12BrN3O. The van der Waals surface area contributed by atoms with Gasteiger partial charge in [0.25, 0.3) is 5.91 Å². The molecule has 1 aromatic heterocycles. The van der Waals surface area contributed by atoms with Crippen molar-refractivity contribution in [3.8, 4) is 0 Å². The Bertz CT molecular complexity index is 308. The molecule has 0 aromatic carbocycles. The van der Waals surface area contributed by atoms with E-state index in [-0.39, 0.29) is 11.9 Å². The van der Waals surface area contributed by atoms with Gasteiger partial charge in [-0.1, -0.05) is 0 Å². The van der Waals surface area contributed by atoms with E-state index < -0.39 is 0 Å². The number of hydrogen-bond acceptors (Lipinski definition) is 2. The van der Waals surface area contributed by atoms with E-state index in [4.69, 9.17) is 0 Å². The summed E-state index contributed by atoms with van der Waals surface area (Å²) in [7, 11) is 1.76. The molecule has 1 heterocycles. The lowest BCUT2D eigenvalue weighted by atomic mass is 10.3. The standard InChI is InChI=1S/C8H12BrN3O/c1-5(2)12(3)8(13)6-4-7(9)11-10-6/h4-5H,1-3H3,(H,10,11). The van der Waals surface area contributed by atoms with Gasteiger partial charge in [-0.25, -0.2) is 0 Å². The summed E-state index contributed by atoms with van der Waals surface area (Å²) < 4.78 is 0.716. The molecule has 1 amide bonds. The number of rotatable bonds is 2. The summed E-state index contributed by atoms with van der Waals surface area (Å²) in [6.07, 6.45) is 0. The zero-order chi connectivity index (χ0) is 10.0. The number of H-pyrrole nitrogens is 1. The van der Waals surface area contributed by atoms with Gasteiger partial charge in [0.05, 0.1) is 0 Å². The second-order valence-corrected chi connectivity index (χ2v) is 3.97. The number of hydrogen-bond donors (Lipinski definition) is 1. The number of carbonyl (C=O) groups excluding carboxylic acids is 1. The van der Waals surface area contributed by atoms with Crippen molar-refractivity contribution < 1.29 is 4.79 Å². The Kier molecular flexibility index (Phi) is 3.08. The Morgan fingerprint density at radius 3 is 2.69 bits per heavy atom. The average molecular weight is 246 g/mol. The molecular weight excluding hydrogens is 234 g/mol. The number of carbonyl (C=O) groups is 1. The fourth-order valence-electron chi connectivity index (χ4n) is 0.823. The third-order valence-electron chi connectivity index (χ3n) is 1.86. The molecule has 1 N–H and O–H groups in total. The topological polar surface area (TPSA) is 49.0 Å². The Morgan fingerprint density at radius 1 is 1.69 bits per heavy atom. The zero-order valence-electron chi connectivity index (χ0n) is 7.84. The molecule has 0 saturated heterocycles. The molecule has 0 fully saturated rings. The van der Waals surface area contributed by atoms with E-state index in [0.717, 1.165) is 0 Å². The van der Waals surface area contributed by atoms with Crippen molar-refractivity contribution >= 4 is 21.8 Å². The van der Waals surface area contributed by atoms with Gasteiger partial charge in [-0.2, -0.15) is 5.10 Å². The van der Waals surface area contributed by atoms with Gasteiger partial charge >= 0.3 is 0 Å². The van der Waals surface area contributed by atoms with Crippen LogP contribution < -0.4 is 0 Å². The molecule has 0 saturated carbocycles. The summed E-state index contributed by atoms with van der Waals surface area (Å²) in [5.74, 6) is -0.0723. The number of nitrogens with one attached hydrogen (secondary N) is 1. The first-order chi connectivity index (χ1) is 6.02. The maximum Gasteiger partial charge on any atom is 0.274 e. The van der Waals surface area contributed by atoms with E-state index in [2.05, 4.69) is 26.1 Å². The summed E-state index contributed by atoms with van der Waals surface area (Å²) >= 11 is 3.20. The first kappa shape index (κ1) is 10.2. The van der Waals surface area contributed by atoms with Crippen molar-refractivity contribution in [2.24, 2.45) is 0 Å². The SMILES string of the molecule is CC(C)N(C)C(=O)c1cc(Br)[nH]n1. The highest BCUT2D eigenvalue weighted by atomic mass is 79.9. The van der Waals surface area contributed by atoms with Crippen molar-refractivity contribution in [1.82, 2.24) is 15.1 Å². The predicted octanol–water partition coefficient (Wildman–Crippen LogP) is 1.65. The quantitative estimate of drug-likeness (QED) is 0.862. The van der Waals surface area contributed by atoms with Crippen molar-refractivity contribution in [1.29, 1.82) is 0 Å². The van der Waals surface area contributed by atoms with Gasteiger partial charge in [-0.05, 0) is 29.8 Å². The number of aromatic amines is 1. The van der Waals surface area contributed by atoms with Crippen LogP contribution in [0.1, 0.15) is 24.3 Å². The molecule has 13 heavy (non-hydrogen) atoms. The average Bonchev–Trinajstić information content (AvgIpc) is 2.49. The van der Waals surface area contributed by atoms with Crippen LogP contribution in [0.15, 0.2) is 10.7 Å². The molecule has 5 heteroatoms. The molecule has 0 spiro atoms. The largest absolute Gasteiger partial charge is 0.338 e. The number of amides is 1. The van der Waals surface area contributed by atoms with Crippen LogP contribution in [0.4, 0.5) is 0 Å². The van der Waals surface area contributed by atoms with E-state index in [9.17, 15) is 4.79 Å². The van der Waals surface area contributed by atoms with Gasteiger partial charge in [0, 0.05) is 19.2 Å². The predicted molar refractivity (Wildman–Crippen MR) is 53.5 cm³/mol. The monoisotopic (exact) mass is 245 g/mol. The fraction of sp³-hybridized carbons (Fsp3) is 0.500. The Hall–Kier alpha value is -0.840. The summed E-state index contributed by atoms with van der Waals surface area (Å²) in [6, 6.07) is 1.85. The van der Waals surface area contributed by atoms with Crippen molar-refractivity contribution in [2.45, 2.75) is 19.9 Å². The Balaban J connectivity index is 2.79. The third-order valence-corrected chi connectivity index (χ3v) is 2.27. The van der Waals surface area contributed by atoms with E-state index in [1.165, 1.54) is 0 Å². The number of nitrogens with zero attached hydrogens (tertiary/aromatic N) is 2. The van der Waals surface area contributed by atoms with Crippen molar-refractivity contribution in [3.63, 3.8) is 0 Å². The smallest absolute Gasteiger partial charge is 0.274 e. The van der Waals surface area contributed by atoms with Crippen LogP contribution in [0.3, 0.4) is 0 Å². The second kappa shape index (κ2) is 3.91. The van der Waals surface area contributed by atoms with Crippen molar-refractivity contribution in [3.05, 3.63) is 16.4 Å². The minimum absolute atomic E-state index is 0.0723. The molecule has 0 atom stereocenters. The number of halogens is 1. The summed E-state index contributed by atoms with van der Waals surface area (Å²) in [5, 5.41) is 6.52. The highest BCUT2D eigenvalue weighted by molar-refractivity contribution is 9.10. The van der Waals surface area contributed by atoms with E-state index >= 15 is 0 Å². The molecule has 0 aliphatic carbocycles. The fourth-order valence-corrected chi connectivity index (χ4v) is 1.13. The maximum atomic E-state index is 11.6. The summed E-state index contributed by atoms with van der Waals surface area (Å²) in [4.78, 5) is 13.3. The van der Waals surface area contributed by atoms with Crippen LogP contribution in [-0.2, 0) is 0 Å². The molecule has 0 unspecified atom stereocenters. The van der Waals surface area contributed by atoms with Crippen LogP contribution in [-0.4, -0.2) is 34.1 Å². The lowest BCUT2D eigenvalue weighted by Gasteiger charge is -2.19. The molecule has 0 bridgehead atoms. The van der Waals surface area contributed by atoms with Crippen LogP contribution in [0.25, 0.3) is 0 Å². The van der Waals surface area contributed by atoms with E-state index in [1.807, 2.05) is 13.8 Å². The minimum Gasteiger partial charge on any atom is -0.338 e. The minimum atomic E-state index is -0.0723. The van der Waals surface area contributed by atoms with Crippen LogP contribution >= 0.6 is 15.9 Å². The lowest BCUT2D eigenvalue weighted by molar-refractivity contribution is 0.0749. The molecule has 0 radical (unpaired) electrons. The molecule has 1 rings (SSSR count). The summed E-state index contributed by atoms with van der Waals surface area (Å²) in [5.41, 5.74) is 0.433. The normalized spacial score (nSPS) is 10.5. The second-order valence-electron chi connectivity index (χ2n) is 3.11. The maximum absolute atomic E-state index is 11.6. The number of aromatic nitrogens is 2. The van der Waals surface area contributed by atoms with Crippen LogP contribution in [0, 0.1) is 0 Å². The van der Waals surface area contributed by atoms with E-state index in [0.29, 0.717) is 10.3 Å². The van der Waals surface area contributed by atoms with Crippen molar-refractivity contribution in [2.75, 3.05) is 7.05 Å².